The van der Waals surface area contributed by atoms with Gasteiger partial charge in [0.15, 0.2) is 11.6 Å². The number of nitrogens with zero attached hydrogens (tertiary/aromatic N) is 1. The van der Waals surface area contributed by atoms with Crippen LogP contribution in [0.5, 0.6) is 5.75 Å². The summed E-state index contributed by atoms with van der Waals surface area (Å²) in [6.45, 7) is 0. The second-order valence-electron chi connectivity index (χ2n) is 2.05. The summed E-state index contributed by atoms with van der Waals surface area (Å²) in [4.78, 5) is 3.47. The second-order valence-corrected chi connectivity index (χ2v) is 2.91. The third-order valence-corrected chi connectivity index (χ3v) is 1.92. The predicted molar refractivity (Wildman–Crippen MR) is 43.0 cm³/mol. The first-order chi connectivity index (χ1) is 5.54. The topological polar surface area (TPSA) is 59.1 Å². The molecule has 0 atom stereocenters. The van der Waals surface area contributed by atoms with E-state index in [0.717, 1.165) is 6.20 Å². The van der Waals surface area contributed by atoms with Crippen LogP contribution in [-0.4, -0.2) is 10.1 Å². The minimum atomic E-state index is -2.77. The Morgan fingerprint density at radius 1 is 1.58 bits per heavy atom. The molecular formula is C6H5BrF2N2O. The molecule has 1 heterocycles. The van der Waals surface area contributed by atoms with Gasteiger partial charge < -0.3 is 10.8 Å². The number of nitrogen functional groups attached to an aromatic ring is 1. The van der Waals surface area contributed by atoms with Gasteiger partial charge in [0, 0.05) is 10.7 Å². The minimum absolute atomic E-state index is 0.0456. The molecule has 3 nitrogen and oxygen atoms in total. The molecule has 0 saturated carbocycles. The van der Waals surface area contributed by atoms with Gasteiger partial charge in [-0.15, -0.1) is 0 Å². The summed E-state index contributed by atoms with van der Waals surface area (Å²) >= 11 is 2.82. The number of hydrogen-bond acceptors (Lipinski definition) is 3. The fourth-order valence-corrected chi connectivity index (χ4v) is 1.18. The lowest BCUT2D eigenvalue weighted by atomic mass is 10.2. The Morgan fingerprint density at radius 2 is 2.17 bits per heavy atom. The number of aromatic nitrogens is 1. The van der Waals surface area contributed by atoms with E-state index in [1.807, 2.05) is 0 Å². The number of alkyl halides is 2. The summed E-state index contributed by atoms with van der Waals surface area (Å²) < 4.78 is 24.4. The van der Waals surface area contributed by atoms with E-state index in [4.69, 9.17) is 10.8 Å². The van der Waals surface area contributed by atoms with Gasteiger partial charge in [-0.2, -0.15) is 0 Å². The van der Waals surface area contributed by atoms with Gasteiger partial charge in [-0.3, -0.25) is 0 Å². The Bertz CT molecular complexity index is 306. The quantitative estimate of drug-likeness (QED) is 0.788. The zero-order valence-electron chi connectivity index (χ0n) is 5.76. The van der Waals surface area contributed by atoms with E-state index in [0.29, 0.717) is 0 Å². The molecule has 1 rings (SSSR count). The summed E-state index contributed by atoms with van der Waals surface area (Å²) in [5, 5.41) is 9.05. The number of rotatable bonds is 1. The fraction of sp³-hybridized carbons (Fsp3) is 0.167. The predicted octanol–water partition coefficient (Wildman–Crippen LogP) is 2.07. The monoisotopic (exact) mass is 238 g/mol. The normalized spacial score (nSPS) is 10.7. The van der Waals surface area contributed by atoms with Crippen LogP contribution in [0, 0.1) is 0 Å². The van der Waals surface area contributed by atoms with Crippen molar-refractivity contribution in [2.45, 2.75) is 6.43 Å². The molecule has 1 aromatic rings. The molecule has 66 valence electrons. The number of hydrogen-bond donors (Lipinski definition) is 2. The highest BCUT2D eigenvalue weighted by molar-refractivity contribution is 9.10. The first kappa shape index (κ1) is 9.18. The number of pyridine rings is 1. The van der Waals surface area contributed by atoms with E-state index in [9.17, 15) is 8.78 Å². The molecular weight excluding hydrogens is 234 g/mol. The summed E-state index contributed by atoms with van der Waals surface area (Å²) in [7, 11) is 0. The molecule has 0 fully saturated rings. The van der Waals surface area contributed by atoms with Crippen LogP contribution < -0.4 is 5.73 Å². The van der Waals surface area contributed by atoms with Crippen molar-refractivity contribution in [2.75, 3.05) is 5.73 Å². The first-order valence-electron chi connectivity index (χ1n) is 2.95. The Labute approximate surface area is 75.3 Å². The van der Waals surface area contributed by atoms with Crippen molar-refractivity contribution >= 4 is 21.7 Å². The standard InChI is InChI=1S/C6H5BrF2N2O/c7-2-1-11-6(10)4(12)3(2)5(8)9/h1,5,12H,(H2,10,11). The summed E-state index contributed by atoms with van der Waals surface area (Å²) in [5.41, 5.74) is 4.59. The summed E-state index contributed by atoms with van der Waals surface area (Å²) in [5.74, 6) is -0.965. The molecule has 12 heavy (non-hydrogen) atoms. The Balaban J connectivity index is 3.33. The van der Waals surface area contributed by atoms with Crippen molar-refractivity contribution in [1.29, 1.82) is 0 Å². The molecule has 0 radical (unpaired) electrons. The summed E-state index contributed by atoms with van der Waals surface area (Å²) in [6.07, 6.45) is -1.65. The Hall–Kier alpha value is -0.910. The lowest BCUT2D eigenvalue weighted by Crippen LogP contribution is -1.96. The lowest BCUT2D eigenvalue weighted by molar-refractivity contribution is 0.146. The number of halogens is 3. The largest absolute Gasteiger partial charge is 0.504 e. The van der Waals surface area contributed by atoms with Gasteiger partial charge in [0.05, 0.1) is 5.56 Å². The third kappa shape index (κ3) is 1.47. The van der Waals surface area contributed by atoms with Crippen molar-refractivity contribution in [3.8, 4) is 5.75 Å². The van der Waals surface area contributed by atoms with Crippen molar-refractivity contribution in [1.82, 2.24) is 4.98 Å². The maximum absolute atomic E-state index is 12.2. The van der Waals surface area contributed by atoms with E-state index in [2.05, 4.69) is 20.9 Å². The maximum Gasteiger partial charge on any atom is 0.268 e. The van der Waals surface area contributed by atoms with Crippen molar-refractivity contribution in [3.63, 3.8) is 0 Å². The van der Waals surface area contributed by atoms with Gasteiger partial charge in [0.25, 0.3) is 6.43 Å². The van der Waals surface area contributed by atoms with Gasteiger partial charge in [0.1, 0.15) is 0 Å². The molecule has 0 spiro atoms. The SMILES string of the molecule is Nc1ncc(Br)c(C(F)F)c1O. The second kappa shape index (κ2) is 3.22. The Kier molecular flexibility index (Phi) is 2.46. The number of nitrogens with two attached hydrogens (primary N) is 1. The van der Waals surface area contributed by atoms with Gasteiger partial charge in [-0.1, -0.05) is 0 Å². The van der Waals surface area contributed by atoms with E-state index in [1.165, 1.54) is 0 Å². The zero-order valence-corrected chi connectivity index (χ0v) is 7.35. The molecule has 0 aromatic carbocycles. The molecule has 0 aliphatic heterocycles. The molecule has 3 N–H and O–H groups in total. The molecule has 0 amide bonds. The summed E-state index contributed by atoms with van der Waals surface area (Å²) in [6, 6.07) is 0. The molecule has 6 heteroatoms. The highest BCUT2D eigenvalue weighted by atomic mass is 79.9. The van der Waals surface area contributed by atoms with Gasteiger partial charge >= 0.3 is 0 Å². The van der Waals surface area contributed by atoms with Crippen molar-refractivity contribution in [2.24, 2.45) is 0 Å². The van der Waals surface area contributed by atoms with Gasteiger partial charge in [-0.05, 0) is 15.9 Å². The van der Waals surface area contributed by atoms with E-state index in [-0.39, 0.29) is 10.3 Å². The molecule has 0 aliphatic carbocycles. The zero-order chi connectivity index (χ0) is 9.30. The molecule has 0 bridgehead atoms. The maximum atomic E-state index is 12.2. The van der Waals surface area contributed by atoms with Gasteiger partial charge in [0.2, 0.25) is 0 Å². The fourth-order valence-electron chi connectivity index (χ4n) is 0.716. The van der Waals surface area contributed by atoms with E-state index >= 15 is 0 Å². The minimum Gasteiger partial charge on any atom is -0.504 e. The highest BCUT2D eigenvalue weighted by Gasteiger charge is 2.19. The smallest absolute Gasteiger partial charge is 0.268 e. The van der Waals surface area contributed by atoms with Crippen LogP contribution in [0.25, 0.3) is 0 Å². The average Bonchev–Trinajstić information content (AvgIpc) is 1.97. The van der Waals surface area contributed by atoms with Gasteiger partial charge in [-0.25, -0.2) is 13.8 Å². The van der Waals surface area contributed by atoms with Crippen LogP contribution in [0.3, 0.4) is 0 Å². The number of anilines is 1. The van der Waals surface area contributed by atoms with Crippen LogP contribution in [0.1, 0.15) is 12.0 Å². The van der Waals surface area contributed by atoms with Crippen LogP contribution in [0.2, 0.25) is 0 Å². The Morgan fingerprint density at radius 3 is 2.58 bits per heavy atom. The third-order valence-electron chi connectivity index (χ3n) is 1.29. The molecule has 0 saturated heterocycles. The molecule has 0 aliphatic rings. The molecule has 1 aromatic heterocycles. The lowest BCUT2D eigenvalue weighted by Gasteiger charge is -2.06. The van der Waals surface area contributed by atoms with Crippen LogP contribution in [-0.2, 0) is 0 Å². The first-order valence-corrected chi connectivity index (χ1v) is 3.74. The van der Waals surface area contributed by atoms with E-state index < -0.39 is 17.7 Å². The van der Waals surface area contributed by atoms with Crippen LogP contribution in [0.15, 0.2) is 10.7 Å². The van der Waals surface area contributed by atoms with Crippen molar-refractivity contribution in [3.05, 3.63) is 16.2 Å². The van der Waals surface area contributed by atoms with Crippen LogP contribution in [0.4, 0.5) is 14.6 Å². The highest BCUT2D eigenvalue weighted by Crippen LogP contribution is 2.36. The van der Waals surface area contributed by atoms with Crippen LogP contribution >= 0.6 is 15.9 Å². The van der Waals surface area contributed by atoms with Crippen molar-refractivity contribution < 1.29 is 13.9 Å². The number of aromatic hydroxyl groups is 1. The van der Waals surface area contributed by atoms with E-state index in [1.54, 1.807) is 0 Å². The molecule has 0 unspecified atom stereocenters. The average molecular weight is 239 g/mol.